The molecular weight excluding hydrogens is 571 g/mol. The summed E-state index contributed by atoms with van der Waals surface area (Å²) in [5.74, 6) is -0.797. The van der Waals surface area contributed by atoms with Crippen molar-refractivity contribution in [2.45, 2.75) is 148 Å². The lowest BCUT2D eigenvalue weighted by Crippen LogP contribution is -2.51. The number of aliphatic hydroxyl groups is 1. The molecule has 1 aromatic heterocycles. The van der Waals surface area contributed by atoms with Crippen molar-refractivity contribution >= 4 is 39.5 Å². The number of nitrogens with zero attached hydrogens (tertiary/aromatic N) is 1. The zero-order valence-electron chi connectivity index (χ0n) is 28.8. The van der Waals surface area contributed by atoms with Gasteiger partial charge in [0.15, 0.2) is 16.6 Å². The maximum absolute atomic E-state index is 11.4. The Hall–Kier alpha value is -1.85. The van der Waals surface area contributed by atoms with Crippen LogP contribution >= 0.6 is 0 Å². The quantitative estimate of drug-likeness (QED) is 0.142. The predicted octanol–water partition coefficient (Wildman–Crippen LogP) is 9.90. The molecule has 1 aromatic carbocycles. The van der Waals surface area contributed by atoms with Gasteiger partial charge in [-0.3, -0.25) is 9.78 Å². The molecule has 0 spiro atoms. The lowest BCUT2D eigenvalue weighted by Gasteiger charge is -2.44. The van der Waals surface area contributed by atoms with Gasteiger partial charge in [0, 0.05) is 11.8 Å². The Kier molecular flexibility index (Phi) is 13.4. The van der Waals surface area contributed by atoms with Gasteiger partial charge in [-0.05, 0) is 73.1 Å². The first-order chi connectivity index (χ1) is 19.8. The zero-order valence-corrected chi connectivity index (χ0v) is 30.8. The van der Waals surface area contributed by atoms with E-state index in [9.17, 15) is 15.0 Å². The fraction of sp³-hybridized carbons (Fsp3) is 0.657. The molecule has 2 aromatic rings. The van der Waals surface area contributed by atoms with Crippen LogP contribution in [0.4, 0.5) is 0 Å². The Balaban J connectivity index is 2.60. The minimum atomic E-state index is -2.23. The van der Waals surface area contributed by atoms with E-state index in [0.29, 0.717) is 25.0 Å². The number of aliphatic carboxylic acids is 1. The first-order valence-electron chi connectivity index (χ1n) is 16.1. The summed E-state index contributed by atoms with van der Waals surface area (Å²) < 4.78 is 14.1. The third-order valence-corrected chi connectivity index (χ3v) is 18.4. The second kappa shape index (κ2) is 15.4. The van der Waals surface area contributed by atoms with Crippen LogP contribution in [0, 0.1) is 0 Å². The van der Waals surface area contributed by atoms with Crippen molar-refractivity contribution in [1.29, 1.82) is 0 Å². The monoisotopic (exact) mass is 629 g/mol. The van der Waals surface area contributed by atoms with Gasteiger partial charge in [-0.25, -0.2) is 0 Å². The van der Waals surface area contributed by atoms with Crippen LogP contribution in [0.3, 0.4) is 0 Å². The van der Waals surface area contributed by atoms with Crippen molar-refractivity contribution in [2.75, 3.05) is 0 Å². The van der Waals surface area contributed by atoms with Crippen molar-refractivity contribution in [3.8, 4) is 0 Å². The topological polar surface area (TPSA) is 88.9 Å². The highest BCUT2D eigenvalue weighted by Crippen LogP contribution is 2.41. The summed E-state index contributed by atoms with van der Waals surface area (Å²) in [4.78, 5) is 16.4. The predicted molar refractivity (Wildman–Crippen MR) is 186 cm³/mol. The molecule has 3 atom stereocenters. The van der Waals surface area contributed by atoms with Crippen LogP contribution in [0.15, 0.2) is 36.4 Å². The number of carboxylic acids is 1. The van der Waals surface area contributed by atoms with Crippen LogP contribution in [-0.4, -0.2) is 50.0 Å². The second-order valence-electron chi connectivity index (χ2n) is 15.1. The fourth-order valence-corrected chi connectivity index (χ4v) is 7.19. The molecule has 3 unspecified atom stereocenters. The van der Waals surface area contributed by atoms with E-state index in [1.54, 1.807) is 0 Å². The van der Waals surface area contributed by atoms with E-state index in [0.717, 1.165) is 35.7 Å². The van der Waals surface area contributed by atoms with Gasteiger partial charge < -0.3 is 19.1 Å². The van der Waals surface area contributed by atoms with Gasteiger partial charge >= 0.3 is 5.97 Å². The van der Waals surface area contributed by atoms with E-state index in [4.69, 9.17) is 13.8 Å². The van der Waals surface area contributed by atoms with Gasteiger partial charge in [0.1, 0.15) is 0 Å². The number of rotatable bonds is 16. The van der Waals surface area contributed by atoms with Crippen molar-refractivity contribution in [1.82, 2.24) is 4.98 Å². The van der Waals surface area contributed by atoms with Gasteiger partial charge in [0.2, 0.25) is 0 Å². The van der Waals surface area contributed by atoms with Crippen molar-refractivity contribution in [3.05, 3.63) is 47.8 Å². The summed E-state index contributed by atoms with van der Waals surface area (Å²) in [5, 5.41) is 22.5. The zero-order chi connectivity index (χ0) is 32.6. The maximum Gasteiger partial charge on any atom is 0.303 e. The third kappa shape index (κ3) is 10.9. The van der Waals surface area contributed by atoms with Crippen LogP contribution in [0.25, 0.3) is 16.8 Å². The normalized spacial score (nSPS) is 15.6. The maximum atomic E-state index is 11.4. The lowest BCUT2D eigenvalue weighted by molar-refractivity contribution is -0.137. The summed E-state index contributed by atoms with van der Waals surface area (Å²) >= 11 is 0. The number of unbranched alkanes of at least 4 members (excludes halogenated alkanes) is 2. The van der Waals surface area contributed by atoms with Gasteiger partial charge in [-0.1, -0.05) is 98.1 Å². The van der Waals surface area contributed by atoms with Gasteiger partial charge in [-0.15, -0.1) is 0 Å². The van der Waals surface area contributed by atoms with Crippen LogP contribution in [0.2, 0.25) is 36.3 Å². The Morgan fingerprint density at radius 3 is 2.12 bits per heavy atom. The Labute approximate surface area is 263 Å². The van der Waals surface area contributed by atoms with E-state index in [1.807, 2.05) is 24.3 Å². The van der Waals surface area contributed by atoms with Gasteiger partial charge in [0.25, 0.3) is 0 Å². The molecule has 0 radical (unpaired) electrons. The number of fused-ring (bicyclic) bond motifs is 1. The average molecular weight is 630 g/mol. The average Bonchev–Trinajstić information content (AvgIpc) is 2.88. The van der Waals surface area contributed by atoms with Crippen molar-refractivity contribution < 1.29 is 23.9 Å². The minimum Gasteiger partial charge on any atom is -0.481 e. The lowest BCUT2D eigenvalue weighted by atomic mass is 10.0. The summed E-state index contributed by atoms with van der Waals surface area (Å²) in [5.41, 5.74) is 1.48. The highest BCUT2D eigenvalue weighted by atomic mass is 28.4. The largest absolute Gasteiger partial charge is 0.481 e. The van der Waals surface area contributed by atoms with E-state index >= 15 is 0 Å². The fourth-order valence-electron chi connectivity index (χ4n) is 4.56. The molecule has 1 heterocycles. The molecule has 0 saturated carbocycles. The smallest absolute Gasteiger partial charge is 0.303 e. The highest BCUT2D eigenvalue weighted by molar-refractivity contribution is 6.74. The third-order valence-electron chi connectivity index (χ3n) is 9.38. The first-order valence-corrected chi connectivity index (χ1v) is 21.9. The van der Waals surface area contributed by atoms with E-state index in [1.165, 1.54) is 0 Å². The van der Waals surface area contributed by atoms with Crippen LogP contribution in [-0.2, 0) is 13.6 Å². The molecule has 242 valence electrons. The number of carboxylic acid groups (broad SMARTS) is 1. The van der Waals surface area contributed by atoms with E-state index in [2.05, 4.69) is 92.9 Å². The molecule has 0 bridgehead atoms. The number of hydrogen-bond acceptors (Lipinski definition) is 5. The van der Waals surface area contributed by atoms with Crippen molar-refractivity contribution in [2.24, 2.45) is 0 Å². The minimum absolute atomic E-state index is 0.00793. The Bertz CT molecular complexity index is 1210. The number of pyridine rings is 1. The molecule has 0 saturated heterocycles. The molecule has 0 aliphatic rings. The van der Waals surface area contributed by atoms with Gasteiger partial charge in [0.05, 0.1) is 29.7 Å². The number of aliphatic hydroxyl groups excluding tert-OH is 1. The molecule has 8 heteroatoms. The first kappa shape index (κ1) is 37.3. The molecule has 0 amide bonds. The number of benzene rings is 1. The Morgan fingerprint density at radius 2 is 1.53 bits per heavy atom. The van der Waals surface area contributed by atoms with Crippen molar-refractivity contribution in [3.63, 3.8) is 0 Å². The molecule has 0 aliphatic heterocycles. The molecule has 2 rings (SSSR count). The van der Waals surface area contributed by atoms with Crippen LogP contribution in [0.1, 0.15) is 111 Å². The van der Waals surface area contributed by atoms with Crippen LogP contribution in [0.5, 0.6) is 0 Å². The molecule has 2 N–H and O–H groups in total. The Morgan fingerprint density at radius 1 is 0.930 bits per heavy atom. The summed E-state index contributed by atoms with van der Waals surface area (Å²) in [6, 6.07) is 10.2. The molecular formula is C35H59NO5Si2. The molecule has 6 nitrogen and oxygen atoms in total. The second-order valence-corrected chi connectivity index (χ2v) is 24.6. The summed E-state index contributed by atoms with van der Waals surface area (Å²) in [6.07, 6.45) is 7.82. The number of aromatic nitrogens is 1. The van der Waals surface area contributed by atoms with Crippen LogP contribution < -0.4 is 0 Å². The molecule has 0 fully saturated rings. The summed E-state index contributed by atoms with van der Waals surface area (Å²) in [7, 11) is -4.44. The van der Waals surface area contributed by atoms with Gasteiger partial charge in [-0.2, -0.15) is 0 Å². The van der Waals surface area contributed by atoms with E-state index < -0.39 is 28.7 Å². The SMILES string of the molecule is CCCCCC(O)c1nc(/C=C/C(O[Si](C)(C)C(C)(C)C)C(CCCC(=O)O)O[Si](C)(C)C(C)(C)C)cc2ccccc12. The molecule has 43 heavy (non-hydrogen) atoms. The van der Waals surface area contributed by atoms with E-state index in [-0.39, 0.29) is 28.7 Å². The number of hydrogen-bond donors (Lipinski definition) is 2. The number of carbonyl (C=O) groups is 1. The highest BCUT2D eigenvalue weighted by Gasteiger charge is 2.44. The summed E-state index contributed by atoms with van der Waals surface area (Å²) in [6.45, 7) is 24.5. The standard InChI is InChI=1S/C35H59NO5Si2/c1-12-13-14-20-29(37)33-28-19-16-15-18-26(28)25-27(36-33)23-24-31(41-43(10,11)35(5,6)7)30(21-17-22-32(38)39)40-42(8,9)34(2,3)4/h15-16,18-19,23-25,29-31,37H,12-14,17,20-22H2,1-11H3,(H,38,39)/b24-23+. The molecule has 0 aliphatic carbocycles.